The summed E-state index contributed by atoms with van der Waals surface area (Å²) in [7, 11) is 0. The van der Waals surface area contributed by atoms with Gasteiger partial charge in [-0.3, -0.25) is 0 Å². The maximum absolute atomic E-state index is 3.69. The standard InChI is InChI=1S/C20H33N/c1-4-17-9-11-18(12-10-17)13-19-7-5-6-8-20(19)15-21-14-16(2)3/h9-12,16,19-21H,4-8,13-15H2,1-3H3. The third kappa shape index (κ3) is 5.47. The summed E-state index contributed by atoms with van der Waals surface area (Å²) in [6.45, 7) is 9.19. The maximum atomic E-state index is 3.69. The minimum Gasteiger partial charge on any atom is -0.316 e. The Kier molecular flexibility index (Phi) is 6.76. The highest BCUT2D eigenvalue weighted by atomic mass is 14.9. The van der Waals surface area contributed by atoms with Crippen LogP contribution in [-0.4, -0.2) is 13.1 Å². The molecule has 1 aromatic carbocycles. The predicted molar refractivity (Wildman–Crippen MR) is 92.7 cm³/mol. The van der Waals surface area contributed by atoms with Crippen molar-refractivity contribution in [3.05, 3.63) is 35.4 Å². The summed E-state index contributed by atoms with van der Waals surface area (Å²) in [5.41, 5.74) is 2.99. The first-order chi connectivity index (χ1) is 10.2. The van der Waals surface area contributed by atoms with Crippen LogP contribution in [0.4, 0.5) is 0 Å². The van der Waals surface area contributed by atoms with Crippen LogP contribution in [0.15, 0.2) is 24.3 Å². The van der Waals surface area contributed by atoms with E-state index in [0.717, 1.165) is 30.7 Å². The first-order valence-electron chi connectivity index (χ1n) is 8.97. The lowest BCUT2D eigenvalue weighted by molar-refractivity contribution is 0.226. The molecule has 21 heavy (non-hydrogen) atoms. The molecule has 1 aromatic rings. The molecule has 1 N–H and O–H groups in total. The Balaban J connectivity index is 1.88. The van der Waals surface area contributed by atoms with E-state index in [4.69, 9.17) is 0 Å². The first kappa shape index (κ1) is 16.5. The normalized spacial score (nSPS) is 22.7. The van der Waals surface area contributed by atoms with E-state index >= 15 is 0 Å². The SMILES string of the molecule is CCc1ccc(CC2CCCCC2CNCC(C)C)cc1. The minimum absolute atomic E-state index is 0.758. The fraction of sp³-hybridized carbons (Fsp3) is 0.700. The zero-order chi connectivity index (χ0) is 15.1. The molecule has 0 spiro atoms. The molecule has 2 unspecified atom stereocenters. The van der Waals surface area contributed by atoms with Gasteiger partial charge in [0, 0.05) is 0 Å². The van der Waals surface area contributed by atoms with Crippen molar-refractivity contribution in [2.24, 2.45) is 17.8 Å². The van der Waals surface area contributed by atoms with Crippen molar-refractivity contribution in [1.29, 1.82) is 0 Å². The molecule has 1 nitrogen and oxygen atoms in total. The van der Waals surface area contributed by atoms with Gasteiger partial charge in [-0.2, -0.15) is 0 Å². The van der Waals surface area contributed by atoms with Gasteiger partial charge in [-0.25, -0.2) is 0 Å². The summed E-state index contributed by atoms with van der Waals surface area (Å²) < 4.78 is 0. The second kappa shape index (κ2) is 8.58. The van der Waals surface area contributed by atoms with Gasteiger partial charge >= 0.3 is 0 Å². The van der Waals surface area contributed by atoms with E-state index in [1.807, 2.05) is 0 Å². The van der Waals surface area contributed by atoms with E-state index in [1.54, 1.807) is 0 Å². The van der Waals surface area contributed by atoms with Gasteiger partial charge in [0.15, 0.2) is 0 Å². The van der Waals surface area contributed by atoms with Crippen LogP contribution in [0, 0.1) is 17.8 Å². The summed E-state index contributed by atoms with van der Waals surface area (Å²) in [5.74, 6) is 2.52. The largest absolute Gasteiger partial charge is 0.316 e. The van der Waals surface area contributed by atoms with Crippen molar-refractivity contribution in [2.45, 2.75) is 59.3 Å². The molecule has 1 fully saturated rings. The molecule has 0 aromatic heterocycles. The number of aryl methyl sites for hydroxylation is 1. The Hall–Kier alpha value is -0.820. The molecule has 1 aliphatic carbocycles. The van der Waals surface area contributed by atoms with Crippen molar-refractivity contribution < 1.29 is 0 Å². The van der Waals surface area contributed by atoms with Gasteiger partial charge in [0.25, 0.3) is 0 Å². The molecule has 0 heterocycles. The third-order valence-electron chi connectivity index (χ3n) is 4.95. The van der Waals surface area contributed by atoms with Gasteiger partial charge in [0.1, 0.15) is 0 Å². The lowest BCUT2D eigenvalue weighted by atomic mass is 9.76. The molecule has 1 saturated carbocycles. The number of nitrogens with one attached hydrogen (secondary N) is 1. The van der Waals surface area contributed by atoms with Gasteiger partial charge in [0.2, 0.25) is 0 Å². The smallest absolute Gasteiger partial charge is 0.00176 e. The lowest BCUT2D eigenvalue weighted by Crippen LogP contribution is -2.33. The Morgan fingerprint density at radius 2 is 1.62 bits per heavy atom. The molecule has 0 saturated heterocycles. The van der Waals surface area contributed by atoms with Crippen LogP contribution in [0.2, 0.25) is 0 Å². The molecular formula is C20H33N. The van der Waals surface area contributed by atoms with Gasteiger partial charge in [0.05, 0.1) is 0 Å². The van der Waals surface area contributed by atoms with E-state index in [1.165, 1.54) is 49.8 Å². The topological polar surface area (TPSA) is 12.0 Å². The minimum atomic E-state index is 0.758. The number of benzene rings is 1. The van der Waals surface area contributed by atoms with E-state index in [2.05, 4.69) is 50.4 Å². The highest BCUT2D eigenvalue weighted by molar-refractivity contribution is 5.23. The molecule has 0 amide bonds. The quantitative estimate of drug-likeness (QED) is 0.756. The van der Waals surface area contributed by atoms with Crippen LogP contribution in [0.3, 0.4) is 0 Å². The zero-order valence-corrected chi connectivity index (χ0v) is 14.2. The highest BCUT2D eigenvalue weighted by Gasteiger charge is 2.24. The molecule has 118 valence electrons. The molecule has 1 heteroatoms. The van der Waals surface area contributed by atoms with Gasteiger partial charge in [-0.15, -0.1) is 0 Å². The lowest BCUT2D eigenvalue weighted by Gasteiger charge is -2.32. The van der Waals surface area contributed by atoms with Crippen molar-refractivity contribution in [3.8, 4) is 0 Å². The Bertz CT molecular complexity index is 393. The maximum Gasteiger partial charge on any atom is -0.00176 e. The summed E-state index contributed by atoms with van der Waals surface area (Å²) in [6.07, 6.45) is 8.12. The van der Waals surface area contributed by atoms with Gasteiger partial charge < -0.3 is 5.32 Å². The predicted octanol–water partition coefficient (Wildman–Crippen LogP) is 4.84. The highest BCUT2D eigenvalue weighted by Crippen LogP contribution is 2.32. The van der Waals surface area contributed by atoms with E-state index in [-0.39, 0.29) is 0 Å². The van der Waals surface area contributed by atoms with Crippen molar-refractivity contribution in [1.82, 2.24) is 5.32 Å². The van der Waals surface area contributed by atoms with Crippen molar-refractivity contribution >= 4 is 0 Å². The average Bonchev–Trinajstić information content (AvgIpc) is 2.49. The Morgan fingerprint density at radius 3 is 2.24 bits per heavy atom. The van der Waals surface area contributed by atoms with Crippen LogP contribution in [-0.2, 0) is 12.8 Å². The van der Waals surface area contributed by atoms with Crippen molar-refractivity contribution in [3.63, 3.8) is 0 Å². The van der Waals surface area contributed by atoms with Crippen LogP contribution in [0.1, 0.15) is 57.6 Å². The van der Waals surface area contributed by atoms with Crippen LogP contribution < -0.4 is 5.32 Å². The van der Waals surface area contributed by atoms with Crippen LogP contribution in [0.25, 0.3) is 0 Å². The summed E-state index contributed by atoms with van der Waals surface area (Å²) in [5, 5.41) is 3.69. The fourth-order valence-corrected chi connectivity index (χ4v) is 3.59. The van der Waals surface area contributed by atoms with E-state index in [9.17, 15) is 0 Å². The van der Waals surface area contributed by atoms with E-state index in [0.29, 0.717) is 0 Å². The Labute approximate surface area is 131 Å². The molecule has 0 bridgehead atoms. The summed E-state index contributed by atoms with van der Waals surface area (Å²) in [4.78, 5) is 0. The summed E-state index contributed by atoms with van der Waals surface area (Å²) in [6, 6.07) is 9.33. The van der Waals surface area contributed by atoms with Crippen LogP contribution in [0.5, 0.6) is 0 Å². The van der Waals surface area contributed by atoms with Crippen LogP contribution >= 0.6 is 0 Å². The molecule has 0 aliphatic heterocycles. The van der Waals surface area contributed by atoms with Gasteiger partial charge in [-0.1, -0.05) is 57.9 Å². The summed E-state index contributed by atoms with van der Waals surface area (Å²) >= 11 is 0. The van der Waals surface area contributed by atoms with Gasteiger partial charge in [-0.05, 0) is 67.7 Å². The fourth-order valence-electron chi connectivity index (χ4n) is 3.59. The molecule has 0 radical (unpaired) electrons. The number of rotatable bonds is 7. The molecule has 1 aliphatic rings. The zero-order valence-electron chi connectivity index (χ0n) is 14.2. The molecule has 2 rings (SSSR count). The van der Waals surface area contributed by atoms with Crippen molar-refractivity contribution in [2.75, 3.05) is 13.1 Å². The first-order valence-corrected chi connectivity index (χ1v) is 8.97. The number of hydrogen-bond acceptors (Lipinski definition) is 1. The number of hydrogen-bond donors (Lipinski definition) is 1. The average molecular weight is 287 g/mol. The second-order valence-electron chi connectivity index (χ2n) is 7.23. The van der Waals surface area contributed by atoms with E-state index < -0.39 is 0 Å². The molecule has 2 atom stereocenters. The monoisotopic (exact) mass is 287 g/mol. The molecular weight excluding hydrogens is 254 g/mol. The second-order valence-corrected chi connectivity index (χ2v) is 7.23. The third-order valence-corrected chi connectivity index (χ3v) is 4.95. The Morgan fingerprint density at radius 1 is 1.00 bits per heavy atom.